The maximum Gasteiger partial charge on any atom is 0.335 e. The van der Waals surface area contributed by atoms with Gasteiger partial charge < -0.3 is 15.4 Å². The number of aromatic nitrogens is 2. The molecule has 2 heterocycles. The number of aromatic carboxylic acids is 1. The maximum absolute atomic E-state index is 13.7. The zero-order valence-electron chi connectivity index (χ0n) is 13.3. The first-order valence-electron chi connectivity index (χ1n) is 7.69. The van der Waals surface area contributed by atoms with Crippen LogP contribution in [0, 0.1) is 5.82 Å². The number of aromatic amines is 1. The molecule has 4 aromatic rings. The summed E-state index contributed by atoms with van der Waals surface area (Å²) in [7, 11) is 1.73. The fraction of sp³-hybridized carbons (Fsp3) is 0.0526. The predicted octanol–water partition coefficient (Wildman–Crippen LogP) is 4.26. The summed E-state index contributed by atoms with van der Waals surface area (Å²) in [5.74, 6) is -1.29. The number of hydrogen-bond acceptors (Lipinski definition) is 3. The molecule has 2 aromatic heterocycles. The monoisotopic (exact) mass is 335 g/mol. The third-order valence-corrected chi connectivity index (χ3v) is 4.17. The fourth-order valence-corrected chi connectivity index (χ4v) is 2.93. The molecule has 5 nitrogen and oxygen atoms in total. The van der Waals surface area contributed by atoms with E-state index in [1.807, 2.05) is 12.1 Å². The minimum absolute atomic E-state index is 0.234. The normalized spacial score (nSPS) is 11.1. The first kappa shape index (κ1) is 15.1. The van der Waals surface area contributed by atoms with E-state index in [1.54, 1.807) is 31.3 Å². The predicted molar refractivity (Wildman–Crippen MR) is 95.5 cm³/mol. The third-order valence-electron chi connectivity index (χ3n) is 4.17. The number of rotatable bonds is 3. The summed E-state index contributed by atoms with van der Waals surface area (Å²) in [5, 5.41) is 12.6. The molecule has 124 valence electrons. The van der Waals surface area contributed by atoms with Crippen LogP contribution in [0.1, 0.15) is 10.4 Å². The number of nitrogens with zero attached hydrogens (tertiary/aromatic N) is 1. The third kappa shape index (κ3) is 2.57. The molecule has 2 aromatic carbocycles. The summed E-state index contributed by atoms with van der Waals surface area (Å²) in [6, 6.07) is 13.2. The molecule has 0 fully saturated rings. The topological polar surface area (TPSA) is 78.0 Å². The Labute approximate surface area is 142 Å². The molecule has 0 saturated carbocycles. The van der Waals surface area contributed by atoms with Gasteiger partial charge in [0, 0.05) is 18.1 Å². The highest BCUT2D eigenvalue weighted by molar-refractivity contribution is 5.99. The number of H-pyrrole nitrogens is 1. The number of anilines is 1. The van der Waals surface area contributed by atoms with Crippen LogP contribution in [0.5, 0.6) is 0 Å². The van der Waals surface area contributed by atoms with Gasteiger partial charge in [0.25, 0.3) is 0 Å². The molecule has 0 amide bonds. The van der Waals surface area contributed by atoms with Crippen molar-refractivity contribution in [3.05, 3.63) is 59.9 Å². The summed E-state index contributed by atoms with van der Waals surface area (Å²) in [6.07, 6.45) is 0. The van der Waals surface area contributed by atoms with Crippen LogP contribution in [0.15, 0.2) is 48.5 Å². The van der Waals surface area contributed by atoms with Gasteiger partial charge in [-0.1, -0.05) is 12.1 Å². The Balaban J connectivity index is 1.87. The highest BCUT2D eigenvalue weighted by atomic mass is 19.1. The van der Waals surface area contributed by atoms with Crippen molar-refractivity contribution in [1.82, 2.24) is 9.97 Å². The lowest BCUT2D eigenvalue weighted by molar-refractivity contribution is 0.0697. The van der Waals surface area contributed by atoms with Gasteiger partial charge >= 0.3 is 5.97 Å². The second kappa shape index (κ2) is 5.59. The van der Waals surface area contributed by atoms with E-state index in [0.29, 0.717) is 16.6 Å². The molecule has 0 aliphatic carbocycles. The van der Waals surface area contributed by atoms with E-state index in [9.17, 15) is 9.18 Å². The van der Waals surface area contributed by atoms with Crippen molar-refractivity contribution in [2.24, 2.45) is 0 Å². The van der Waals surface area contributed by atoms with E-state index in [2.05, 4.69) is 15.3 Å². The SMILES string of the molecule is CNc1cc(F)cc2cc3[nH]c(-c4ccc(C(=O)O)cc4)cc3nc12. The van der Waals surface area contributed by atoms with E-state index >= 15 is 0 Å². The minimum atomic E-state index is -0.960. The van der Waals surface area contributed by atoms with Crippen LogP contribution < -0.4 is 5.32 Å². The molecule has 0 bridgehead atoms. The van der Waals surface area contributed by atoms with Crippen LogP contribution in [-0.2, 0) is 0 Å². The lowest BCUT2D eigenvalue weighted by Crippen LogP contribution is -1.94. The van der Waals surface area contributed by atoms with Crippen LogP contribution in [0.3, 0.4) is 0 Å². The number of benzene rings is 2. The molecule has 0 atom stereocenters. The molecular formula is C19H14FN3O2. The Bertz CT molecular complexity index is 1120. The van der Waals surface area contributed by atoms with E-state index in [1.165, 1.54) is 12.1 Å². The van der Waals surface area contributed by atoms with Gasteiger partial charge in [-0.3, -0.25) is 0 Å². The van der Waals surface area contributed by atoms with Crippen molar-refractivity contribution in [3.63, 3.8) is 0 Å². The Kier molecular flexibility index (Phi) is 3.39. The molecular weight excluding hydrogens is 321 g/mol. The molecule has 0 aliphatic rings. The lowest BCUT2D eigenvalue weighted by Gasteiger charge is -2.05. The molecule has 0 radical (unpaired) electrons. The smallest absolute Gasteiger partial charge is 0.335 e. The number of fused-ring (bicyclic) bond motifs is 2. The lowest BCUT2D eigenvalue weighted by atomic mass is 10.1. The summed E-state index contributed by atoms with van der Waals surface area (Å²) < 4.78 is 13.7. The zero-order chi connectivity index (χ0) is 17.6. The van der Waals surface area contributed by atoms with Crippen LogP contribution in [0.25, 0.3) is 33.2 Å². The Hall–Kier alpha value is -3.41. The first-order valence-corrected chi connectivity index (χ1v) is 7.69. The molecule has 0 aliphatic heterocycles. The highest BCUT2D eigenvalue weighted by Crippen LogP contribution is 2.29. The Morgan fingerprint density at radius 2 is 1.92 bits per heavy atom. The zero-order valence-corrected chi connectivity index (χ0v) is 13.3. The van der Waals surface area contributed by atoms with E-state index in [-0.39, 0.29) is 11.4 Å². The van der Waals surface area contributed by atoms with Crippen LogP contribution in [0.2, 0.25) is 0 Å². The highest BCUT2D eigenvalue weighted by Gasteiger charge is 2.10. The second-order valence-corrected chi connectivity index (χ2v) is 5.76. The summed E-state index contributed by atoms with van der Waals surface area (Å²) in [4.78, 5) is 18.8. The van der Waals surface area contributed by atoms with Crippen molar-refractivity contribution in [2.75, 3.05) is 12.4 Å². The van der Waals surface area contributed by atoms with Gasteiger partial charge in [0.2, 0.25) is 0 Å². The van der Waals surface area contributed by atoms with E-state index < -0.39 is 5.97 Å². The number of nitrogens with one attached hydrogen (secondary N) is 2. The van der Waals surface area contributed by atoms with Gasteiger partial charge in [-0.25, -0.2) is 14.2 Å². The average molecular weight is 335 g/mol. The number of hydrogen-bond donors (Lipinski definition) is 3. The largest absolute Gasteiger partial charge is 0.478 e. The number of pyridine rings is 1. The Morgan fingerprint density at radius 3 is 2.60 bits per heavy atom. The fourth-order valence-electron chi connectivity index (χ4n) is 2.93. The van der Waals surface area contributed by atoms with Crippen molar-refractivity contribution in [3.8, 4) is 11.3 Å². The molecule has 0 spiro atoms. The molecule has 0 saturated heterocycles. The van der Waals surface area contributed by atoms with E-state index in [0.717, 1.165) is 22.3 Å². The molecule has 3 N–H and O–H groups in total. The summed E-state index contributed by atoms with van der Waals surface area (Å²) >= 11 is 0. The van der Waals surface area contributed by atoms with E-state index in [4.69, 9.17) is 5.11 Å². The van der Waals surface area contributed by atoms with Gasteiger partial charge in [0.15, 0.2) is 0 Å². The van der Waals surface area contributed by atoms with Crippen molar-refractivity contribution in [1.29, 1.82) is 0 Å². The maximum atomic E-state index is 13.7. The number of halogens is 1. The Morgan fingerprint density at radius 1 is 1.16 bits per heavy atom. The van der Waals surface area contributed by atoms with Crippen LogP contribution in [0.4, 0.5) is 10.1 Å². The number of carbonyl (C=O) groups is 1. The van der Waals surface area contributed by atoms with Crippen molar-refractivity contribution >= 4 is 33.6 Å². The standard InChI is InChI=1S/C19H14FN3O2/c1-21-17-8-13(20)6-12-7-15-16(23-18(12)17)9-14(22-15)10-2-4-11(5-3-10)19(24)25/h2-9,21-22H,1H3,(H,24,25). The molecule has 25 heavy (non-hydrogen) atoms. The molecule has 4 rings (SSSR count). The van der Waals surface area contributed by atoms with Gasteiger partial charge in [0.05, 0.1) is 27.8 Å². The van der Waals surface area contributed by atoms with Gasteiger partial charge in [-0.05, 0) is 42.0 Å². The van der Waals surface area contributed by atoms with Crippen LogP contribution in [-0.4, -0.2) is 28.1 Å². The average Bonchev–Trinajstić information content (AvgIpc) is 3.02. The summed E-state index contributed by atoms with van der Waals surface area (Å²) in [5.41, 5.74) is 4.78. The van der Waals surface area contributed by atoms with Crippen molar-refractivity contribution in [2.45, 2.75) is 0 Å². The first-order chi connectivity index (χ1) is 12.0. The van der Waals surface area contributed by atoms with Crippen molar-refractivity contribution < 1.29 is 14.3 Å². The molecule has 6 heteroatoms. The molecule has 0 unspecified atom stereocenters. The summed E-state index contributed by atoms with van der Waals surface area (Å²) in [6.45, 7) is 0. The minimum Gasteiger partial charge on any atom is -0.478 e. The number of carboxylic acids is 1. The van der Waals surface area contributed by atoms with Gasteiger partial charge in [0.1, 0.15) is 5.82 Å². The number of carboxylic acid groups (broad SMARTS) is 1. The van der Waals surface area contributed by atoms with Gasteiger partial charge in [-0.2, -0.15) is 0 Å². The van der Waals surface area contributed by atoms with Gasteiger partial charge in [-0.15, -0.1) is 0 Å². The quantitative estimate of drug-likeness (QED) is 0.523. The van der Waals surface area contributed by atoms with Crippen LogP contribution >= 0.6 is 0 Å². The second-order valence-electron chi connectivity index (χ2n) is 5.76.